The Morgan fingerprint density at radius 2 is 2.10 bits per heavy atom. The molecular formula is C16H23N3O2. The molecule has 21 heavy (non-hydrogen) atoms. The summed E-state index contributed by atoms with van der Waals surface area (Å²) in [5.41, 5.74) is 1.21. The molecule has 2 rings (SSSR count). The highest BCUT2D eigenvalue weighted by molar-refractivity contribution is 5.30. The van der Waals surface area contributed by atoms with E-state index in [4.69, 9.17) is 9.26 Å². The summed E-state index contributed by atoms with van der Waals surface area (Å²) in [6, 6.07) is 7.89. The summed E-state index contributed by atoms with van der Waals surface area (Å²) < 4.78 is 10.5. The number of ether oxygens (including phenoxy) is 1. The molecule has 0 saturated heterocycles. The van der Waals surface area contributed by atoms with E-state index in [-0.39, 0.29) is 5.54 Å². The lowest BCUT2D eigenvalue weighted by molar-refractivity contribution is 0.359. The highest BCUT2D eigenvalue weighted by Crippen LogP contribution is 2.15. The number of nitrogens with one attached hydrogen (secondary N) is 1. The third kappa shape index (κ3) is 5.19. The Bertz CT molecular complexity index is 573. The van der Waals surface area contributed by atoms with E-state index in [1.807, 2.05) is 24.3 Å². The van der Waals surface area contributed by atoms with Gasteiger partial charge in [-0.3, -0.25) is 0 Å². The zero-order valence-corrected chi connectivity index (χ0v) is 13.1. The van der Waals surface area contributed by atoms with Crippen LogP contribution in [0.1, 0.15) is 38.0 Å². The SMILES string of the molecule is COc1cccc(Cc2noc(CCNC(C)(C)C)n2)c1. The highest BCUT2D eigenvalue weighted by atomic mass is 16.5. The Morgan fingerprint density at radius 3 is 2.81 bits per heavy atom. The van der Waals surface area contributed by atoms with Crippen LogP contribution in [0.25, 0.3) is 0 Å². The fraction of sp³-hybridized carbons (Fsp3) is 0.500. The number of nitrogens with zero attached hydrogens (tertiary/aromatic N) is 2. The number of aromatic nitrogens is 2. The molecule has 0 bridgehead atoms. The minimum Gasteiger partial charge on any atom is -0.497 e. The van der Waals surface area contributed by atoms with Crippen molar-refractivity contribution in [3.05, 3.63) is 41.5 Å². The fourth-order valence-electron chi connectivity index (χ4n) is 1.97. The van der Waals surface area contributed by atoms with E-state index in [1.54, 1.807) is 7.11 Å². The third-order valence-electron chi connectivity index (χ3n) is 3.00. The molecule has 0 aliphatic rings. The van der Waals surface area contributed by atoms with Gasteiger partial charge in [0, 0.05) is 24.9 Å². The van der Waals surface area contributed by atoms with Crippen LogP contribution < -0.4 is 10.1 Å². The molecule has 5 heteroatoms. The molecule has 114 valence electrons. The molecule has 1 N–H and O–H groups in total. The van der Waals surface area contributed by atoms with E-state index in [2.05, 4.69) is 36.2 Å². The Labute approximate surface area is 125 Å². The van der Waals surface area contributed by atoms with Gasteiger partial charge >= 0.3 is 0 Å². The van der Waals surface area contributed by atoms with Crippen LogP contribution >= 0.6 is 0 Å². The standard InChI is InChI=1S/C16H23N3O2/c1-16(2,3)17-9-8-15-18-14(19-21-15)11-12-6-5-7-13(10-12)20-4/h5-7,10,17H,8-9,11H2,1-4H3. The van der Waals surface area contributed by atoms with Crippen LogP contribution in [0.2, 0.25) is 0 Å². The Kier molecular flexibility index (Phi) is 4.96. The van der Waals surface area contributed by atoms with Gasteiger partial charge in [0.2, 0.25) is 5.89 Å². The van der Waals surface area contributed by atoms with Gasteiger partial charge in [0.05, 0.1) is 7.11 Å². The van der Waals surface area contributed by atoms with Gasteiger partial charge in [-0.15, -0.1) is 0 Å². The smallest absolute Gasteiger partial charge is 0.227 e. The molecule has 0 atom stereocenters. The molecule has 0 saturated carbocycles. The van der Waals surface area contributed by atoms with Crippen LogP contribution in [-0.4, -0.2) is 29.3 Å². The molecule has 1 heterocycles. The molecule has 0 radical (unpaired) electrons. The summed E-state index contributed by atoms with van der Waals surface area (Å²) in [5, 5.41) is 7.43. The normalized spacial score (nSPS) is 11.6. The summed E-state index contributed by atoms with van der Waals surface area (Å²) in [5.74, 6) is 2.21. The van der Waals surface area contributed by atoms with Crippen molar-refractivity contribution in [2.45, 2.75) is 39.2 Å². The lowest BCUT2D eigenvalue weighted by Crippen LogP contribution is -2.37. The van der Waals surface area contributed by atoms with Crippen molar-refractivity contribution < 1.29 is 9.26 Å². The van der Waals surface area contributed by atoms with Gasteiger partial charge in [-0.1, -0.05) is 17.3 Å². The molecule has 1 aromatic carbocycles. The van der Waals surface area contributed by atoms with Gasteiger partial charge in [-0.2, -0.15) is 4.98 Å². The van der Waals surface area contributed by atoms with Gasteiger partial charge in [-0.05, 0) is 38.5 Å². The van der Waals surface area contributed by atoms with Gasteiger partial charge in [0.25, 0.3) is 0 Å². The molecule has 5 nitrogen and oxygen atoms in total. The predicted octanol–water partition coefficient (Wildman–Crippen LogP) is 2.60. The maximum absolute atomic E-state index is 5.28. The number of benzene rings is 1. The summed E-state index contributed by atoms with van der Waals surface area (Å²) in [6.07, 6.45) is 1.38. The fourth-order valence-corrected chi connectivity index (χ4v) is 1.97. The van der Waals surface area contributed by atoms with Gasteiger partial charge in [0.15, 0.2) is 5.82 Å². The average Bonchev–Trinajstić information content (AvgIpc) is 2.85. The maximum atomic E-state index is 5.28. The van der Waals surface area contributed by atoms with E-state index >= 15 is 0 Å². The molecule has 0 spiro atoms. The Morgan fingerprint density at radius 1 is 1.29 bits per heavy atom. The van der Waals surface area contributed by atoms with Crippen molar-refractivity contribution in [3.8, 4) is 5.75 Å². The van der Waals surface area contributed by atoms with Crippen molar-refractivity contribution in [3.63, 3.8) is 0 Å². The lowest BCUT2D eigenvalue weighted by atomic mass is 10.1. The second-order valence-corrected chi connectivity index (χ2v) is 6.06. The van der Waals surface area contributed by atoms with Crippen molar-refractivity contribution >= 4 is 0 Å². The minimum absolute atomic E-state index is 0.101. The molecule has 0 amide bonds. The topological polar surface area (TPSA) is 60.2 Å². The molecule has 0 aliphatic carbocycles. The van der Waals surface area contributed by atoms with Crippen LogP contribution in [0.15, 0.2) is 28.8 Å². The molecule has 1 aromatic heterocycles. The van der Waals surface area contributed by atoms with Gasteiger partial charge < -0.3 is 14.6 Å². The molecule has 2 aromatic rings. The zero-order valence-electron chi connectivity index (χ0n) is 13.1. The van der Waals surface area contributed by atoms with Gasteiger partial charge in [0.1, 0.15) is 5.75 Å². The molecule has 0 aliphatic heterocycles. The van der Waals surface area contributed by atoms with Crippen LogP contribution in [0.3, 0.4) is 0 Å². The van der Waals surface area contributed by atoms with Crippen LogP contribution in [0, 0.1) is 0 Å². The third-order valence-corrected chi connectivity index (χ3v) is 3.00. The summed E-state index contributed by atoms with van der Waals surface area (Å²) >= 11 is 0. The first-order valence-electron chi connectivity index (χ1n) is 7.16. The van der Waals surface area contributed by atoms with Crippen LogP contribution in [0.5, 0.6) is 5.75 Å². The summed E-state index contributed by atoms with van der Waals surface area (Å²) in [4.78, 5) is 4.42. The van der Waals surface area contributed by atoms with Gasteiger partial charge in [-0.25, -0.2) is 0 Å². The van der Waals surface area contributed by atoms with Crippen LogP contribution in [-0.2, 0) is 12.8 Å². The lowest BCUT2D eigenvalue weighted by Gasteiger charge is -2.19. The highest BCUT2D eigenvalue weighted by Gasteiger charge is 2.11. The first-order valence-corrected chi connectivity index (χ1v) is 7.16. The Balaban J connectivity index is 1.90. The monoisotopic (exact) mass is 289 g/mol. The van der Waals surface area contributed by atoms with E-state index in [0.29, 0.717) is 18.1 Å². The second kappa shape index (κ2) is 6.72. The molecule has 0 unspecified atom stereocenters. The van der Waals surface area contributed by atoms with Crippen molar-refractivity contribution in [1.82, 2.24) is 15.5 Å². The predicted molar refractivity (Wildman–Crippen MR) is 81.6 cm³/mol. The Hall–Kier alpha value is -1.88. The summed E-state index contributed by atoms with van der Waals surface area (Å²) in [6.45, 7) is 7.23. The van der Waals surface area contributed by atoms with E-state index < -0.39 is 0 Å². The first kappa shape index (κ1) is 15.5. The van der Waals surface area contributed by atoms with Crippen molar-refractivity contribution in [2.75, 3.05) is 13.7 Å². The number of hydrogen-bond donors (Lipinski definition) is 1. The number of methoxy groups -OCH3 is 1. The average molecular weight is 289 g/mol. The van der Waals surface area contributed by atoms with Crippen LogP contribution in [0.4, 0.5) is 0 Å². The zero-order chi connectivity index (χ0) is 15.3. The van der Waals surface area contributed by atoms with E-state index in [9.17, 15) is 0 Å². The second-order valence-electron chi connectivity index (χ2n) is 6.06. The summed E-state index contributed by atoms with van der Waals surface area (Å²) in [7, 11) is 1.66. The minimum atomic E-state index is 0.101. The quantitative estimate of drug-likeness (QED) is 0.885. The molecular weight excluding hydrogens is 266 g/mol. The maximum Gasteiger partial charge on any atom is 0.227 e. The number of hydrogen-bond acceptors (Lipinski definition) is 5. The van der Waals surface area contributed by atoms with E-state index in [1.165, 1.54) is 0 Å². The first-order chi connectivity index (χ1) is 9.96. The molecule has 0 fully saturated rings. The van der Waals surface area contributed by atoms with Crippen molar-refractivity contribution in [2.24, 2.45) is 0 Å². The van der Waals surface area contributed by atoms with Crippen molar-refractivity contribution in [1.29, 1.82) is 0 Å². The number of rotatable bonds is 6. The largest absolute Gasteiger partial charge is 0.497 e. The van der Waals surface area contributed by atoms with E-state index in [0.717, 1.165) is 24.3 Å².